The lowest BCUT2D eigenvalue weighted by Gasteiger charge is -2.08. The fourth-order valence-corrected chi connectivity index (χ4v) is 2.64. The Kier molecular flexibility index (Phi) is 4.14. The van der Waals surface area contributed by atoms with Crippen LogP contribution in [-0.4, -0.2) is 25.8 Å². The molecule has 2 rings (SSSR count). The zero-order valence-corrected chi connectivity index (χ0v) is 11.9. The Morgan fingerprint density at radius 2 is 2.10 bits per heavy atom. The third kappa shape index (κ3) is 2.85. The molecule has 0 fully saturated rings. The zero-order valence-electron chi connectivity index (χ0n) is 11.1. The van der Waals surface area contributed by atoms with Crippen molar-refractivity contribution in [3.63, 3.8) is 0 Å². The highest BCUT2D eigenvalue weighted by atomic mass is 32.2. The summed E-state index contributed by atoms with van der Waals surface area (Å²) in [5.41, 5.74) is 5.89. The Balaban J connectivity index is 2.25. The Labute approximate surface area is 119 Å². The van der Waals surface area contributed by atoms with E-state index in [2.05, 4.69) is 15.4 Å². The summed E-state index contributed by atoms with van der Waals surface area (Å²) in [5.74, 6) is 0.0559. The molecule has 0 aliphatic heterocycles. The monoisotopic (exact) mass is 293 g/mol. The fourth-order valence-electron chi connectivity index (χ4n) is 1.67. The van der Waals surface area contributed by atoms with Crippen LogP contribution in [0.1, 0.15) is 25.5 Å². The molecule has 4 N–H and O–H groups in total. The van der Waals surface area contributed by atoms with E-state index in [1.165, 1.54) is 11.8 Å². The fraction of sp³-hybridized carbons (Fsp3) is 0.250. The smallest absolute Gasteiger partial charge is 0.344 e. The van der Waals surface area contributed by atoms with Crippen LogP contribution in [0.25, 0.3) is 0 Å². The van der Waals surface area contributed by atoms with Gasteiger partial charge in [-0.15, -0.1) is 5.10 Å². The van der Waals surface area contributed by atoms with Gasteiger partial charge in [0.25, 0.3) is 0 Å². The molecule has 106 valence electrons. The second kappa shape index (κ2) is 5.83. The van der Waals surface area contributed by atoms with Gasteiger partial charge >= 0.3 is 5.69 Å². The van der Waals surface area contributed by atoms with E-state index in [-0.39, 0.29) is 17.6 Å². The number of hydrogen-bond donors (Lipinski definition) is 3. The van der Waals surface area contributed by atoms with E-state index in [0.717, 1.165) is 4.90 Å². The van der Waals surface area contributed by atoms with E-state index in [1.807, 2.05) is 26.0 Å². The van der Waals surface area contributed by atoms with Crippen molar-refractivity contribution >= 4 is 17.6 Å². The number of hydrogen-bond acceptors (Lipinski definition) is 5. The molecule has 0 radical (unpaired) electrons. The van der Waals surface area contributed by atoms with Gasteiger partial charge in [0.1, 0.15) is 0 Å². The topological polar surface area (TPSA) is 109 Å². The van der Waals surface area contributed by atoms with Crippen molar-refractivity contribution in [1.29, 1.82) is 0 Å². The average molecular weight is 293 g/mol. The van der Waals surface area contributed by atoms with Gasteiger partial charge in [-0.3, -0.25) is 4.57 Å². The molecule has 1 aromatic carbocycles. The highest BCUT2D eigenvalue weighted by Crippen LogP contribution is 2.26. The van der Waals surface area contributed by atoms with E-state index < -0.39 is 0 Å². The molecule has 7 nitrogen and oxygen atoms in total. The van der Waals surface area contributed by atoms with Gasteiger partial charge in [-0.25, -0.2) is 9.89 Å². The van der Waals surface area contributed by atoms with Crippen molar-refractivity contribution in [1.82, 2.24) is 14.8 Å². The van der Waals surface area contributed by atoms with Crippen molar-refractivity contribution < 1.29 is 5.21 Å². The summed E-state index contributed by atoms with van der Waals surface area (Å²) in [4.78, 5) is 12.5. The summed E-state index contributed by atoms with van der Waals surface area (Å²) in [7, 11) is 0. The summed E-state index contributed by atoms with van der Waals surface area (Å²) >= 11 is 1.37. The number of amidine groups is 1. The molecule has 1 heterocycles. The third-order valence-electron chi connectivity index (χ3n) is 2.66. The number of H-pyrrole nitrogens is 1. The molecular weight excluding hydrogens is 278 g/mol. The van der Waals surface area contributed by atoms with Gasteiger partial charge in [-0.2, -0.15) is 0 Å². The molecule has 0 bridgehead atoms. The van der Waals surface area contributed by atoms with Crippen LogP contribution in [0, 0.1) is 0 Å². The summed E-state index contributed by atoms with van der Waals surface area (Å²) in [6, 6.07) is 7.15. The first-order chi connectivity index (χ1) is 9.52. The number of rotatable bonds is 4. The number of aromatic nitrogens is 3. The number of nitrogens with zero attached hydrogens (tertiary/aromatic N) is 3. The van der Waals surface area contributed by atoms with Crippen LogP contribution in [0.5, 0.6) is 0 Å². The Hall–Kier alpha value is -2.22. The molecule has 0 aliphatic carbocycles. The van der Waals surface area contributed by atoms with Crippen molar-refractivity contribution in [2.24, 2.45) is 10.9 Å². The van der Waals surface area contributed by atoms with Gasteiger partial charge in [-0.1, -0.05) is 17.3 Å². The van der Waals surface area contributed by atoms with Crippen molar-refractivity contribution in [2.75, 3.05) is 0 Å². The molecule has 0 saturated carbocycles. The molecule has 0 aliphatic rings. The maximum absolute atomic E-state index is 11.6. The Morgan fingerprint density at radius 1 is 1.45 bits per heavy atom. The van der Waals surface area contributed by atoms with Crippen molar-refractivity contribution in [3.05, 3.63) is 40.3 Å². The van der Waals surface area contributed by atoms with Crippen LogP contribution in [0.3, 0.4) is 0 Å². The predicted octanol–water partition coefficient (Wildman–Crippen LogP) is 1.40. The molecule has 8 heteroatoms. The second-order valence-corrected chi connectivity index (χ2v) is 5.43. The Morgan fingerprint density at radius 3 is 2.65 bits per heavy atom. The molecule has 0 amide bonds. The minimum absolute atomic E-state index is 0.0280. The van der Waals surface area contributed by atoms with Crippen LogP contribution < -0.4 is 11.4 Å². The van der Waals surface area contributed by atoms with Crippen LogP contribution in [-0.2, 0) is 0 Å². The zero-order chi connectivity index (χ0) is 14.7. The van der Waals surface area contributed by atoms with Crippen LogP contribution in [0.2, 0.25) is 0 Å². The minimum Gasteiger partial charge on any atom is -0.409 e. The van der Waals surface area contributed by atoms with Gasteiger partial charge in [0, 0.05) is 16.5 Å². The summed E-state index contributed by atoms with van der Waals surface area (Å²) in [6.07, 6.45) is 0. The highest BCUT2D eigenvalue weighted by Gasteiger charge is 2.12. The average Bonchev–Trinajstić information content (AvgIpc) is 2.79. The summed E-state index contributed by atoms with van der Waals surface area (Å²) in [5, 5.41) is 18.6. The van der Waals surface area contributed by atoms with Gasteiger partial charge < -0.3 is 10.9 Å². The summed E-state index contributed by atoms with van der Waals surface area (Å²) < 4.78 is 1.59. The number of benzene rings is 1. The van der Waals surface area contributed by atoms with Crippen LogP contribution >= 0.6 is 11.8 Å². The number of nitrogens with one attached hydrogen (secondary N) is 1. The second-order valence-electron chi connectivity index (χ2n) is 4.39. The largest absolute Gasteiger partial charge is 0.409 e. The third-order valence-corrected chi connectivity index (χ3v) is 3.63. The first-order valence-corrected chi connectivity index (χ1v) is 6.77. The lowest BCUT2D eigenvalue weighted by Crippen LogP contribution is -2.19. The molecule has 0 saturated heterocycles. The minimum atomic E-state index is -0.226. The standard InChI is InChI=1S/C12H15N5O2S/c1-7(2)17-11(18)14-15-12(17)20-9-5-3-8(4-6-9)10(13)16-19/h3-7,19H,1-2H3,(H2,13,16)(H,14,18). The maximum atomic E-state index is 11.6. The Bertz CT molecular complexity index is 672. The van der Waals surface area contributed by atoms with E-state index >= 15 is 0 Å². The molecular formula is C12H15N5O2S. The normalized spacial score (nSPS) is 12.1. The van der Waals surface area contributed by atoms with Gasteiger partial charge in [0.05, 0.1) is 0 Å². The predicted molar refractivity (Wildman–Crippen MR) is 76.3 cm³/mol. The number of oxime groups is 1. The molecule has 0 spiro atoms. The van der Waals surface area contributed by atoms with Gasteiger partial charge in [0.15, 0.2) is 11.0 Å². The lowest BCUT2D eigenvalue weighted by molar-refractivity contribution is 0.318. The summed E-state index contributed by atoms with van der Waals surface area (Å²) in [6.45, 7) is 3.84. The number of nitrogens with two attached hydrogens (primary N) is 1. The molecule has 0 atom stereocenters. The van der Waals surface area contributed by atoms with Crippen molar-refractivity contribution in [2.45, 2.75) is 29.9 Å². The van der Waals surface area contributed by atoms with E-state index in [0.29, 0.717) is 10.7 Å². The molecule has 20 heavy (non-hydrogen) atoms. The van der Waals surface area contributed by atoms with Crippen LogP contribution in [0.15, 0.2) is 44.3 Å². The molecule has 1 aromatic heterocycles. The SMILES string of the molecule is CC(C)n1c(Sc2ccc(C(N)=NO)cc2)n[nH]c1=O. The first-order valence-electron chi connectivity index (χ1n) is 5.95. The first kappa shape index (κ1) is 14.2. The van der Waals surface area contributed by atoms with Crippen molar-refractivity contribution in [3.8, 4) is 0 Å². The molecule has 0 unspecified atom stereocenters. The number of aromatic amines is 1. The van der Waals surface area contributed by atoms with E-state index in [1.54, 1.807) is 16.7 Å². The van der Waals surface area contributed by atoms with Gasteiger partial charge in [0.2, 0.25) is 0 Å². The molecule has 2 aromatic rings. The van der Waals surface area contributed by atoms with E-state index in [4.69, 9.17) is 10.9 Å². The lowest BCUT2D eigenvalue weighted by atomic mass is 10.2. The van der Waals surface area contributed by atoms with Gasteiger partial charge in [-0.05, 0) is 37.7 Å². The quantitative estimate of drug-likeness (QED) is 0.341. The maximum Gasteiger partial charge on any atom is 0.344 e. The van der Waals surface area contributed by atoms with Crippen LogP contribution in [0.4, 0.5) is 0 Å². The van der Waals surface area contributed by atoms with E-state index in [9.17, 15) is 4.79 Å². The highest BCUT2D eigenvalue weighted by molar-refractivity contribution is 7.99.